The van der Waals surface area contributed by atoms with Crippen LogP contribution in [0.25, 0.3) is 0 Å². The maximum atomic E-state index is 11.9. The Balaban J connectivity index is 1.94. The predicted molar refractivity (Wildman–Crippen MR) is 98.5 cm³/mol. The van der Waals surface area contributed by atoms with Gasteiger partial charge in [-0.3, -0.25) is 9.78 Å². The molecule has 0 aliphatic rings. The van der Waals surface area contributed by atoms with E-state index in [0.29, 0.717) is 5.56 Å². The molecular formula is C19H24N4O. The van der Waals surface area contributed by atoms with Gasteiger partial charge in [0, 0.05) is 36.7 Å². The average Bonchev–Trinajstić information content (AvgIpc) is 2.63. The third-order valence-electron chi connectivity index (χ3n) is 3.57. The summed E-state index contributed by atoms with van der Waals surface area (Å²) in [6.45, 7) is 6.50. The van der Waals surface area contributed by atoms with Crippen molar-refractivity contribution < 1.29 is 4.79 Å². The van der Waals surface area contributed by atoms with Crippen LogP contribution in [-0.2, 0) is 0 Å². The standard InChI is InChI=1S/C19H24N4O/c1-3-13-23(14-4-2)18-7-5-16(6-8-18)15-21-22-19(24)17-9-11-20-12-10-17/h5-12,15H,3-4,13-14H2,1-2H3,(H,22,24)/b21-15-. The summed E-state index contributed by atoms with van der Waals surface area (Å²) >= 11 is 0. The first-order chi connectivity index (χ1) is 11.7. The number of hydrogen-bond donors (Lipinski definition) is 1. The zero-order chi connectivity index (χ0) is 17.2. The highest BCUT2D eigenvalue weighted by Gasteiger charge is 2.04. The van der Waals surface area contributed by atoms with Crippen molar-refractivity contribution in [3.8, 4) is 0 Å². The van der Waals surface area contributed by atoms with Crippen molar-refractivity contribution in [2.75, 3.05) is 18.0 Å². The molecule has 1 aromatic carbocycles. The van der Waals surface area contributed by atoms with Crippen LogP contribution in [0.3, 0.4) is 0 Å². The quantitative estimate of drug-likeness (QED) is 0.597. The lowest BCUT2D eigenvalue weighted by Crippen LogP contribution is -2.24. The number of anilines is 1. The van der Waals surface area contributed by atoms with Crippen molar-refractivity contribution in [1.82, 2.24) is 10.4 Å². The van der Waals surface area contributed by atoms with E-state index in [9.17, 15) is 4.79 Å². The lowest BCUT2D eigenvalue weighted by molar-refractivity contribution is 0.0955. The summed E-state index contributed by atoms with van der Waals surface area (Å²) < 4.78 is 0. The first-order valence-corrected chi connectivity index (χ1v) is 8.33. The Kier molecular flexibility index (Phi) is 6.95. The van der Waals surface area contributed by atoms with Crippen molar-refractivity contribution in [1.29, 1.82) is 0 Å². The van der Waals surface area contributed by atoms with E-state index in [1.165, 1.54) is 5.69 Å². The Morgan fingerprint density at radius 2 is 1.71 bits per heavy atom. The maximum absolute atomic E-state index is 11.9. The minimum atomic E-state index is -0.248. The molecule has 1 heterocycles. The lowest BCUT2D eigenvalue weighted by atomic mass is 10.2. The van der Waals surface area contributed by atoms with Gasteiger partial charge in [0.05, 0.1) is 6.21 Å². The summed E-state index contributed by atoms with van der Waals surface area (Å²) in [5, 5.41) is 4.01. The molecule has 0 unspecified atom stereocenters. The fourth-order valence-electron chi connectivity index (χ4n) is 2.41. The number of nitrogens with zero attached hydrogens (tertiary/aromatic N) is 3. The molecule has 5 nitrogen and oxygen atoms in total. The minimum absolute atomic E-state index is 0.248. The van der Waals surface area contributed by atoms with Crippen LogP contribution in [0.15, 0.2) is 53.9 Å². The molecule has 5 heteroatoms. The van der Waals surface area contributed by atoms with Gasteiger partial charge in [0.25, 0.3) is 5.91 Å². The maximum Gasteiger partial charge on any atom is 0.271 e. The molecule has 0 saturated heterocycles. The van der Waals surface area contributed by atoms with Crippen LogP contribution in [0.2, 0.25) is 0 Å². The van der Waals surface area contributed by atoms with Crippen molar-refractivity contribution in [2.24, 2.45) is 5.10 Å². The molecule has 0 radical (unpaired) electrons. The Labute approximate surface area is 143 Å². The molecular weight excluding hydrogens is 300 g/mol. The van der Waals surface area contributed by atoms with E-state index < -0.39 is 0 Å². The first kappa shape index (κ1) is 17.7. The van der Waals surface area contributed by atoms with Crippen LogP contribution in [-0.4, -0.2) is 30.2 Å². The smallest absolute Gasteiger partial charge is 0.271 e. The van der Waals surface area contributed by atoms with Gasteiger partial charge in [-0.2, -0.15) is 5.10 Å². The van der Waals surface area contributed by atoms with Gasteiger partial charge in [0.15, 0.2) is 0 Å². The van der Waals surface area contributed by atoms with Gasteiger partial charge in [-0.15, -0.1) is 0 Å². The highest BCUT2D eigenvalue weighted by atomic mass is 16.2. The van der Waals surface area contributed by atoms with E-state index in [1.807, 2.05) is 12.1 Å². The SMILES string of the molecule is CCCN(CCC)c1ccc(/C=N\NC(=O)c2ccncc2)cc1. The summed E-state index contributed by atoms with van der Waals surface area (Å²) in [5.74, 6) is -0.248. The Morgan fingerprint density at radius 1 is 1.08 bits per heavy atom. The fraction of sp³-hybridized carbons (Fsp3) is 0.316. The number of aromatic nitrogens is 1. The molecule has 0 bridgehead atoms. The van der Waals surface area contributed by atoms with Crippen molar-refractivity contribution in [3.05, 3.63) is 59.9 Å². The molecule has 0 aliphatic carbocycles. The van der Waals surface area contributed by atoms with E-state index in [1.54, 1.807) is 30.7 Å². The summed E-state index contributed by atoms with van der Waals surface area (Å²) in [6.07, 6.45) is 7.06. The molecule has 2 rings (SSSR count). The molecule has 1 aromatic heterocycles. The summed E-state index contributed by atoms with van der Waals surface area (Å²) in [5.41, 5.74) is 5.22. The molecule has 2 aromatic rings. The monoisotopic (exact) mass is 324 g/mol. The largest absolute Gasteiger partial charge is 0.372 e. The minimum Gasteiger partial charge on any atom is -0.372 e. The second-order valence-electron chi connectivity index (χ2n) is 5.51. The highest BCUT2D eigenvalue weighted by Crippen LogP contribution is 2.15. The highest BCUT2D eigenvalue weighted by molar-refractivity contribution is 5.94. The van der Waals surface area contributed by atoms with E-state index in [2.05, 4.69) is 46.4 Å². The molecule has 126 valence electrons. The number of nitrogens with one attached hydrogen (secondary N) is 1. The summed E-state index contributed by atoms with van der Waals surface area (Å²) in [7, 11) is 0. The van der Waals surface area contributed by atoms with E-state index >= 15 is 0 Å². The van der Waals surface area contributed by atoms with Crippen LogP contribution < -0.4 is 10.3 Å². The fourth-order valence-corrected chi connectivity index (χ4v) is 2.41. The van der Waals surface area contributed by atoms with Gasteiger partial charge < -0.3 is 4.90 Å². The third-order valence-corrected chi connectivity index (χ3v) is 3.57. The molecule has 24 heavy (non-hydrogen) atoms. The van der Waals surface area contributed by atoms with Gasteiger partial charge in [0.1, 0.15) is 0 Å². The second-order valence-corrected chi connectivity index (χ2v) is 5.51. The molecule has 0 aliphatic heterocycles. The molecule has 0 saturated carbocycles. The first-order valence-electron chi connectivity index (χ1n) is 8.33. The molecule has 0 fully saturated rings. The van der Waals surface area contributed by atoms with Gasteiger partial charge >= 0.3 is 0 Å². The number of rotatable bonds is 8. The van der Waals surface area contributed by atoms with Gasteiger partial charge in [0.2, 0.25) is 0 Å². The number of hydrazone groups is 1. The van der Waals surface area contributed by atoms with Crippen LogP contribution >= 0.6 is 0 Å². The van der Waals surface area contributed by atoms with Gasteiger partial charge in [-0.1, -0.05) is 26.0 Å². The summed E-state index contributed by atoms with van der Waals surface area (Å²) in [4.78, 5) is 18.1. The predicted octanol–water partition coefficient (Wildman–Crippen LogP) is 3.47. The molecule has 0 spiro atoms. The molecule has 1 amide bonds. The zero-order valence-corrected chi connectivity index (χ0v) is 14.3. The average molecular weight is 324 g/mol. The number of benzene rings is 1. The van der Waals surface area contributed by atoms with Gasteiger partial charge in [-0.05, 0) is 42.7 Å². The number of carbonyl (C=O) groups excluding carboxylic acids is 1. The Bertz CT molecular complexity index is 647. The zero-order valence-electron chi connectivity index (χ0n) is 14.3. The van der Waals surface area contributed by atoms with Crippen LogP contribution in [0.4, 0.5) is 5.69 Å². The van der Waals surface area contributed by atoms with Crippen LogP contribution in [0, 0.1) is 0 Å². The van der Waals surface area contributed by atoms with E-state index in [4.69, 9.17) is 0 Å². The van der Waals surface area contributed by atoms with E-state index in [-0.39, 0.29) is 5.91 Å². The van der Waals surface area contributed by atoms with E-state index in [0.717, 1.165) is 31.5 Å². The third kappa shape index (κ3) is 5.19. The van der Waals surface area contributed by atoms with Crippen LogP contribution in [0.1, 0.15) is 42.6 Å². The van der Waals surface area contributed by atoms with Gasteiger partial charge in [-0.25, -0.2) is 5.43 Å². The van der Waals surface area contributed by atoms with Crippen molar-refractivity contribution in [3.63, 3.8) is 0 Å². The Hall–Kier alpha value is -2.69. The molecule has 1 N–H and O–H groups in total. The van der Waals surface area contributed by atoms with Crippen molar-refractivity contribution >= 4 is 17.8 Å². The number of carbonyl (C=O) groups is 1. The number of pyridine rings is 1. The number of hydrogen-bond acceptors (Lipinski definition) is 4. The topological polar surface area (TPSA) is 57.6 Å². The van der Waals surface area contributed by atoms with Crippen LogP contribution in [0.5, 0.6) is 0 Å². The lowest BCUT2D eigenvalue weighted by Gasteiger charge is -2.23. The molecule has 0 atom stereocenters. The normalized spacial score (nSPS) is 10.8. The van der Waals surface area contributed by atoms with Crippen molar-refractivity contribution in [2.45, 2.75) is 26.7 Å². The second kappa shape index (κ2) is 9.45. The number of amides is 1. The Morgan fingerprint density at radius 3 is 2.29 bits per heavy atom. The summed E-state index contributed by atoms with van der Waals surface area (Å²) in [6, 6.07) is 11.5.